The molecule has 128 valence electrons. The van der Waals surface area contributed by atoms with Gasteiger partial charge in [0.15, 0.2) is 0 Å². The first-order chi connectivity index (χ1) is 10.9. The molecule has 3 nitrogen and oxygen atoms in total. The van der Waals surface area contributed by atoms with Crippen molar-refractivity contribution in [2.24, 2.45) is 0 Å². The highest BCUT2D eigenvalue weighted by molar-refractivity contribution is 5.31. The summed E-state index contributed by atoms with van der Waals surface area (Å²) in [5.41, 5.74) is 0.864. The van der Waals surface area contributed by atoms with Gasteiger partial charge in [0.1, 0.15) is 5.75 Å². The van der Waals surface area contributed by atoms with E-state index in [1.807, 2.05) is 6.07 Å². The molecule has 0 amide bonds. The zero-order valence-corrected chi connectivity index (χ0v) is 12.9. The number of alkyl halides is 3. The summed E-state index contributed by atoms with van der Waals surface area (Å²) in [6.07, 6.45) is -0.419. The third kappa shape index (κ3) is 4.18. The average molecular weight is 329 g/mol. The van der Waals surface area contributed by atoms with Crippen LogP contribution in [0.1, 0.15) is 43.6 Å². The van der Waals surface area contributed by atoms with E-state index in [9.17, 15) is 18.3 Å². The van der Waals surface area contributed by atoms with Gasteiger partial charge in [0.25, 0.3) is 0 Å². The molecule has 1 heterocycles. The van der Waals surface area contributed by atoms with Gasteiger partial charge in [0.05, 0.1) is 6.10 Å². The standard InChI is InChI=1S/C17H22F3NO2/c18-17(19,20)23-14-5-3-4-12(10-14)13-6-7-16(22)15(11-13)21-8-1-2-9-21/h3-5,10,13,15-16,22H,1-2,6-9,11H2/t13-,15-,16-/m0/s1. The van der Waals surface area contributed by atoms with Gasteiger partial charge in [0.2, 0.25) is 0 Å². The molecule has 23 heavy (non-hydrogen) atoms. The zero-order valence-electron chi connectivity index (χ0n) is 12.9. The van der Waals surface area contributed by atoms with E-state index in [4.69, 9.17) is 0 Å². The molecular formula is C17H22F3NO2. The van der Waals surface area contributed by atoms with Gasteiger partial charge < -0.3 is 9.84 Å². The maximum absolute atomic E-state index is 12.4. The summed E-state index contributed by atoms with van der Waals surface area (Å²) in [7, 11) is 0. The second kappa shape index (κ2) is 6.69. The number of aliphatic hydroxyl groups excluding tert-OH is 1. The number of hydrogen-bond acceptors (Lipinski definition) is 3. The lowest BCUT2D eigenvalue weighted by Crippen LogP contribution is -2.45. The third-order valence-corrected chi connectivity index (χ3v) is 4.95. The minimum Gasteiger partial charge on any atom is -0.406 e. The molecule has 3 atom stereocenters. The average Bonchev–Trinajstić information content (AvgIpc) is 3.00. The molecule has 2 fully saturated rings. The summed E-state index contributed by atoms with van der Waals surface area (Å²) in [5.74, 6) is -0.000344. The number of benzene rings is 1. The van der Waals surface area contributed by atoms with E-state index < -0.39 is 6.36 Å². The van der Waals surface area contributed by atoms with Gasteiger partial charge in [-0.2, -0.15) is 0 Å². The Labute approximate surface area is 134 Å². The monoisotopic (exact) mass is 329 g/mol. The van der Waals surface area contributed by atoms with Crippen molar-refractivity contribution in [3.63, 3.8) is 0 Å². The molecule has 0 spiro atoms. The fraction of sp³-hybridized carbons (Fsp3) is 0.647. The van der Waals surface area contributed by atoms with Crippen LogP contribution in [0.5, 0.6) is 5.75 Å². The highest BCUT2D eigenvalue weighted by atomic mass is 19.4. The molecular weight excluding hydrogens is 307 g/mol. The Hall–Kier alpha value is -1.27. The fourth-order valence-electron chi connectivity index (χ4n) is 3.86. The Kier molecular flexibility index (Phi) is 4.82. The second-order valence-corrected chi connectivity index (χ2v) is 6.51. The summed E-state index contributed by atoms with van der Waals surface area (Å²) in [6, 6.07) is 6.38. The Morgan fingerprint density at radius 3 is 2.57 bits per heavy atom. The molecule has 1 aliphatic heterocycles. The summed E-state index contributed by atoms with van der Waals surface area (Å²) in [5, 5.41) is 10.3. The normalized spacial score (nSPS) is 29.7. The molecule has 0 aromatic heterocycles. The van der Waals surface area contributed by atoms with Crippen LogP contribution in [0.25, 0.3) is 0 Å². The zero-order chi connectivity index (χ0) is 16.4. The maximum atomic E-state index is 12.4. The van der Waals surface area contributed by atoms with E-state index in [0.29, 0.717) is 6.42 Å². The van der Waals surface area contributed by atoms with Crippen LogP contribution in [-0.4, -0.2) is 41.6 Å². The van der Waals surface area contributed by atoms with E-state index in [1.54, 1.807) is 6.07 Å². The summed E-state index contributed by atoms with van der Waals surface area (Å²) in [4.78, 5) is 2.33. The molecule has 1 saturated heterocycles. The van der Waals surface area contributed by atoms with Crippen LogP contribution < -0.4 is 4.74 Å². The number of nitrogens with zero attached hydrogens (tertiary/aromatic N) is 1. The Morgan fingerprint density at radius 1 is 1.13 bits per heavy atom. The van der Waals surface area contributed by atoms with Crippen LogP contribution in [0.3, 0.4) is 0 Å². The van der Waals surface area contributed by atoms with Crippen LogP contribution in [-0.2, 0) is 0 Å². The second-order valence-electron chi connectivity index (χ2n) is 6.51. The molecule has 0 bridgehead atoms. The molecule has 1 aliphatic carbocycles. The Morgan fingerprint density at radius 2 is 1.87 bits per heavy atom. The predicted molar refractivity (Wildman–Crippen MR) is 80.3 cm³/mol. The highest BCUT2D eigenvalue weighted by Gasteiger charge is 2.35. The smallest absolute Gasteiger partial charge is 0.406 e. The van der Waals surface area contributed by atoms with Crippen LogP contribution >= 0.6 is 0 Å². The van der Waals surface area contributed by atoms with Gasteiger partial charge in [-0.1, -0.05) is 12.1 Å². The number of hydrogen-bond donors (Lipinski definition) is 1. The molecule has 0 unspecified atom stereocenters. The molecule has 3 rings (SSSR count). The van der Waals surface area contributed by atoms with Crippen molar-refractivity contribution in [3.05, 3.63) is 29.8 Å². The van der Waals surface area contributed by atoms with Gasteiger partial charge >= 0.3 is 6.36 Å². The van der Waals surface area contributed by atoms with Gasteiger partial charge in [-0.25, -0.2) is 0 Å². The van der Waals surface area contributed by atoms with E-state index in [2.05, 4.69) is 9.64 Å². The lowest BCUT2D eigenvalue weighted by Gasteiger charge is -2.39. The molecule has 1 saturated carbocycles. The van der Waals surface area contributed by atoms with Crippen molar-refractivity contribution in [2.75, 3.05) is 13.1 Å². The highest BCUT2D eigenvalue weighted by Crippen LogP contribution is 2.37. The molecule has 1 N–H and O–H groups in total. The minimum atomic E-state index is -4.67. The number of halogens is 3. The molecule has 1 aromatic carbocycles. The van der Waals surface area contributed by atoms with Crippen molar-refractivity contribution in [3.8, 4) is 5.75 Å². The quantitative estimate of drug-likeness (QED) is 0.918. The lowest BCUT2D eigenvalue weighted by molar-refractivity contribution is -0.274. The van der Waals surface area contributed by atoms with E-state index in [-0.39, 0.29) is 23.8 Å². The Bertz CT molecular complexity index is 529. The number of ether oxygens (including phenoxy) is 1. The van der Waals surface area contributed by atoms with Gasteiger partial charge in [-0.15, -0.1) is 13.2 Å². The first-order valence-electron chi connectivity index (χ1n) is 8.20. The third-order valence-electron chi connectivity index (χ3n) is 4.95. The van der Waals surface area contributed by atoms with Crippen molar-refractivity contribution in [1.82, 2.24) is 4.90 Å². The first kappa shape index (κ1) is 16.6. The maximum Gasteiger partial charge on any atom is 0.573 e. The van der Waals surface area contributed by atoms with Crippen molar-refractivity contribution < 1.29 is 23.0 Å². The summed E-state index contributed by atoms with van der Waals surface area (Å²) in [6.45, 7) is 2.01. The van der Waals surface area contributed by atoms with Crippen LogP contribution in [0.2, 0.25) is 0 Å². The summed E-state index contributed by atoms with van der Waals surface area (Å²) < 4.78 is 41.1. The molecule has 0 radical (unpaired) electrons. The number of rotatable bonds is 3. The van der Waals surface area contributed by atoms with E-state index in [1.165, 1.54) is 12.1 Å². The lowest BCUT2D eigenvalue weighted by atomic mass is 9.79. The fourth-order valence-corrected chi connectivity index (χ4v) is 3.86. The number of likely N-dealkylation sites (tertiary alicyclic amines) is 1. The van der Waals surface area contributed by atoms with Crippen LogP contribution in [0.4, 0.5) is 13.2 Å². The van der Waals surface area contributed by atoms with Crippen molar-refractivity contribution in [2.45, 2.75) is 56.5 Å². The minimum absolute atomic E-state index is 0.114. The SMILES string of the molecule is O[C@H]1CC[C@H](c2cccc(OC(F)(F)F)c2)C[C@@H]1N1CCCC1. The first-order valence-corrected chi connectivity index (χ1v) is 8.20. The van der Waals surface area contributed by atoms with E-state index >= 15 is 0 Å². The topological polar surface area (TPSA) is 32.7 Å². The van der Waals surface area contributed by atoms with Crippen LogP contribution in [0, 0.1) is 0 Å². The largest absolute Gasteiger partial charge is 0.573 e. The van der Waals surface area contributed by atoms with E-state index in [0.717, 1.165) is 44.3 Å². The number of aliphatic hydroxyl groups is 1. The summed E-state index contributed by atoms with van der Waals surface area (Å²) >= 11 is 0. The van der Waals surface area contributed by atoms with Crippen molar-refractivity contribution >= 4 is 0 Å². The molecule has 1 aromatic rings. The predicted octanol–water partition coefficient (Wildman–Crippen LogP) is 3.68. The van der Waals surface area contributed by atoms with Crippen molar-refractivity contribution in [1.29, 1.82) is 0 Å². The Balaban J connectivity index is 1.72. The van der Waals surface area contributed by atoms with Gasteiger partial charge in [-0.05, 0) is 68.8 Å². The molecule has 2 aliphatic rings. The van der Waals surface area contributed by atoms with Gasteiger partial charge in [0, 0.05) is 6.04 Å². The molecule has 6 heteroatoms. The van der Waals surface area contributed by atoms with Gasteiger partial charge in [-0.3, -0.25) is 4.90 Å². The van der Waals surface area contributed by atoms with Crippen LogP contribution in [0.15, 0.2) is 24.3 Å².